The molecule has 3 heterocycles. The first-order valence-corrected chi connectivity index (χ1v) is 8.66. The fourth-order valence-electron chi connectivity index (χ4n) is 3.07. The monoisotopic (exact) mass is 359 g/mol. The number of hydrogen-bond acceptors (Lipinski definition) is 5. The van der Waals surface area contributed by atoms with E-state index in [1.807, 2.05) is 12.1 Å². The third-order valence-corrected chi connectivity index (χ3v) is 4.66. The number of nitrogens with zero attached hydrogens (tertiary/aromatic N) is 2. The molecular formula is C18H18ClN3O3. The fourth-order valence-corrected chi connectivity index (χ4v) is 3.34. The van der Waals surface area contributed by atoms with Crippen LogP contribution in [0.4, 0.5) is 5.82 Å². The Morgan fingerprint density at radius 3 is 2.92 bits per heavy atom. The Labute approximate surface area is 150 Å². The molecule has 0 atom stereocenters. The molecule has 2 aliphatic rings. The van der Waals surface area contributed by atoms with Gasteiger partial charge in [0.25, 0.3) is 5.91 Å². The van der Waals surface area contributed by atoms with Crippen LogP contribution < -0.4 is 19.7 Å². The number of carbonyl (C=O) groups is 1. The average Bonchev–Trinajstić information content (AvgIpc) is 3.31. The van der Waals surface area contributed by atoms with Crippen molar-refractivity contribution in [3.8, 4) is 11.5 Å². The van der Waals surface area contributed by atoms with Crippen molar-refractivity contribution in [2.45, 2.75) is 19.4 Å². The molecular weight excluding hydrogens is 342 g/mol. The maximum Gasteiger partial charge on any atom is 0.251 e. The molecule has 25 heavy (non-hydrogen) atoms. The van der Waals surface area contributed by atoms with E-state index in [1.165, 1.54) is 12.8 Å². The second-order valence-corrected chi connectivity index (χ2v) is 6.50. The number of halogens is 1. The van der Waals surface area contributed by atoms with Crippen molar-refractivity contribution in [1.29, 1.82) is 0 Å². The second kappa shape index (κ2) is 6.80. The lowest BCUT2D eigenvalue weighted by atomic mass is 10.1. The van der Waals surface area contributed by atoms with Crippen LogP contribution in [0.2, 0.25) is 5.02 Å². The zero-order valence-electron chi connectivity index (χ0n) is 13.6. The lowest BCUT2D eigenvalue weighted by Gasteiger charge is -2.17. The van der Waals surface area contributed by atoms with Gasteiger partial charge in [-0.05, 0) is 42.7 Å². The van der Waals surface area contributed by atoms with E-state index in [0.717, 1.165) is 24.5 Å². The molecule has 1 fully saturated rings. The fraction of sp³-hybridized carbons (Fsp3) is 0.333. The molecule has 1 aromatic heterocycles. The quantitative estimate of drug-likeness (QED) is 0.909. The summed E-state index contributed by atoms with van der Waals surface area (Å²) >= 11 is 6.13. The van der Waals surface area contributed by atoms with E-state index < -0.39 is 0 Å². The van der Waals surface area contributed by atoms with E-state index in [-0.39, 0.29) is 12.7 Å². The van der Waals surface area contributed by atoms with Crippen LogP contribution in [0.3, 0.4) is 0 Å². The van der Waals surface area contributed by atoms with Crippen molar-refractivity contribution in [3.05, 3.63) is 46.6 Å². The standard InChI is InChI=1S/C18H18ClN3O3/c19-14-8-13(9-15-17(14)25-11-24-15)18(23)21-10-12-3-4-20-16(7-12)22-5-1-2-6-22/h3-4,7-9H,1-2,5-6,10-11H2,(H,21,23). The van der Waals surface area contributed by atoms with Gasteiger partial charge in [-0.1, -0.05) is 11.6 Å². The first kappa shape index (κ1) is 16.0. The van der Waals surface area contributed by atoms with Crippen molar-refractivity contribution in [3.63, 3.8) is 0 Å². The maximum absolute atomic E-state index is 12.4. The van der Waals surface area contributed by atoms with Crippen LogP contribution >= 0.6 is 11.6 Å². The highest BCUT2D eigenvalue weighted by Crippen LogP contribution is 2.39. The summed E-state index contributed by atoms with van der Waals surface area (Å²) in [6, 6.07) is 7.17. The average molecular weight is 360 g/mol. The molecule has 0 unspecified atom stereocenters. The maximum atomic E-state index is 12.4. The summed E-state index contributed by atoms with van der Waals surface area (Å²) in [6.07, 6.45) is 4.19. The smallest absolute Gasteiger partial charge is 0.251 e. The van der Waals surface area contributed by atoms with Crippen molar-refractivity contribution in [2.24, 2.45) is 0 Å². The molecule has 1 saturated heterocycles. The Balaban J connectivity index is 1.44. The Morgan fingerprint density at radius 1 is 1.24 bits per heavy atom. The molecule has 0 aliphatic carbocycles. The van der Waals surface area contributed by atoms with Crippen molar-refractivity contribution < 1.29 is 14.3 Å². The van der Waals surface area contributed by atoms with E-state index in [4.69, 9.17) is 21.1 Å². The number of ether oxygens (including phenoxy) is 2. The molecule has 0 bridgehead atoms. The number of rotatable bonds is 4. The molecule has 2 aromatic rings. The Hall–Kier alpha value is -2.47. The highest BCUT2D eigenvalue weighted by molar-refractivity contribution is 6.32. The number of amides is 1. The zero-order chi connectivity index (χ0) is 17.2. The van der Waals surface area contributed by atoms with Crippen LogP contribution in [0.5, 0.6) is 11.5 Å². The van der Waals surface area contributed by atoms with Crippen molar-refractivity contribution in [1.82, 2.24) is 10.3 Å². The Kier molecular flexibility index (Phi) is 4.36. The molecule has 6 nitrogen and oxygen atoms in total. The van der Waals surface area contributed by atoms with Gasteiger partial charge in [-0.3, -0.25) is 4.79 Å². The second-order valence-electron chi connectivity index (χ2n) is 6.09. The summed E-state index contributed by atoms with van der Waals surface area (Å²) in [6.45, 7) is 2.63. The van der Waals surface area contributed by atoms with Gasteiger partial charge < -0.3 is 19.7 Å². The van der Waals surface area contributed by atoms with Gasteiger partial charge >= 0.3 is 0 Å². The molecule has 1 amide bonds. The summed E-state index contributed by atoms with van der Waals surface area (Å²) in [5.41, 5.74) is 1.46. The zero-order valence-corrected chi connectivity index (χ0v) is 14.4. The van der Waals surface area contributed by atoms with Crippen LogP contribution in [-0.2, 0) is 6.54 Å². The lowest BCUT2D eigenvalue weighted by molar-refractivity contribution is 0.0950. The molecule has 0 radical (unpaired) electrons. The lowest BCUT2D eigenvalue weighted by Crippen LogP contribution is -2.23. The Bertz CT molecular complexity index is 806. The van der Waals surface area contributed by atoms with E-state index in [9.17, 15) is 4.79 Å². The summed E-state index contributed by atoms with van der Waals surface area (Å²) in [5, 5.41) is 3.29. The van der Waals surface area contributed by atoms with E-state index in [0.29, 0.717) is 28.6 Å². The van der Waals surface area contributed by atoms with Gasteiger partial charge in [-0.15, -0.1) is 0 Å². The predicted molar refractivity (Wildman–Crippen MR) is 94.4 cm³/mol. The Morgan fingerprint density at radius 2 is 2.08 bits per heavy atom. The van der Waals surface area contributed by atoms with Crippen LogP contribution in [0.25, 0.3) is 0 Å². The molecule has 0 spiro atoms. The van der Waals surface area contributed by atoms with Crippen LogP contribution in [0.1, 0.15) is 28.8 Å². The summed E-state index contributed by atoms with van der Waals surface area (Å²) in [7, 11) is 0. The topological polar surface area (TPSA) is 63.7 Å². The molecule has 1 N–H and O–H groups in total. The summed E-state index contributed by atoms with van der Waals surface area (Å²) < 4.78 is 10.6. The molecule has 1 aromatic carbocycles. The van der Waals surface area contributed by atoms with Gasteiger partial charge in [0.15, 0.2) is 11.5 Å². The van der Waals surface area contributed by atoms with Gasteiger partial charge in [0.05, 0.1) is 5.02 Å². The van der Waals surface area contributed by atoms with Gasteiger partial charge in [-0.25, -0.2) is 4.98 Å². The highest BCUT2D eigenvalue weighted by Gasteiger charge is 2.20. The number of carbonyl (C=O) groups excluding carboxylic acids is 1. The number of aromatic nitrogens is 1. The van der Waals surface area contributed by atoms with Crippen LogP contribution in [-0.4, -0.2) is 30.8 Å². The molecule has 4 rings (SSSR count). The number of fused-ring (bicyclic) bond motifs is 1. The number of anilines is 1. The molecule has 7 heteroatoms. The van der Waals surface area contributed by atoms with Gasteiger partial charge in [0.1, 0.15) is 5.82 Å². The van der Waals surface area contributed by atoms with E-state index in [1.54, 1.807) is 18.3 Å². The van der Waals surface area contributed by atoms with Crippen molar-refractivity contribution in [2.75, 3.05) is 24.8 Å². The first-order valence-electron chi connectivity index (χ1n) is 8.28. The van der Waals surface area contributed by atoms with Crippen LogP contribution in [0, 0.1) is 0 Å². The highest BCUT2D eigenvalue weighted by atomic mass is 35.5. The largest absolute Gasteiger partial charge is 0.454 e. The molecule has 130 valence electrons. The predicted octanol–water partition coefficient (Wildman–Crippen LogP) is 2.99. The number of nitrogens with one attached hydrogen (secondary N) is 1. The third kappa shape index (κ3) is 3.35. The number of hydrogen-bond donors (Lipinski definition) is 1. The number of benzene rings is 1. The van der Waals surface area contributed by atoms with Crippen molar-refractivity contribution >= 4 is 23.3 Å². The van der Waals surface area contributed by atoms with E-state index in [2.05, 4.69) is 15.2 Å². The normalized spacial score (nSPS) is 15.5. The molecule has 2 aliphatic heterocycles. The summed E-state index contributed by atoms with van der Waals surface area (Å²) in [4.78, 5) is 19.1. The number of pyridine rings is 1. The van der Waals surface area contributed by atoms with E-state index >= 15 is 0 Å². The summed E-state index contributed by atoms with van der Waals surface area (Å²) in [5.74, 6) is 1.75. The van der Waals surface area contributed by atoms with Gasteiger partial charge in [0, 0.05) is 31.4 Å². The minimum Gasteiger partial charge on any atom is -0.454 e. The third-order valence-electron chi connectivity index (χ3n) is 4.38. The SMILES string of the molecule is O=C(NCc1ccnc(N2CCCC2)c1)c1cc(Cl)c2c(c1)OCO2. The van der Waals surface area contributed by atoms with Gasteiger partial charge in [-0.2, -0.15) is 0 Å². The minimum atomic E-state index is -0.209. The minimum absolute atomic E-state index is 0.121. The first-order chi connectivity index (χ1) is 12.2. The van der Waals surface area contributed by atoms with Crippen LogP contribution in [0.15, 0.2) is 30.5 Å². The van der Waals surface area contributed by atoms with Gasteiger partial charge in [0.2, 0.25) is 6.79 Å². The molecule has 0 saturated carbocycles.